The lowest BCUT2D eigenvalue weighted by Gasteiger charge is -2.36. The van der Waals surface area contributed by atoms with Crippen LogP contribution in [0.3, 0.4) is 0 Å². The van der Waals surface area contributed by atoms with Crippen molar-refractivity contribution in [3.63, 3.8) is 0 Å². The van der Waals surface area contributed by atoms with E-state index in [4.69, 9.17) is 0 Å². The summed E-state index contributed by atoms with van der Waals surface area (Å²) in [4.78, 5) is 20.4. The monoisotopic (exact) mass is 266 g/mol. The summed E-state index contributed by atoms with van der Waals surface area (Å²) >= 11 is 0. The van der Waals surface area contributed by atoms with E-state index >= 15 is 0 Å². The fourth-order valence-corrected chi connectivity index (χ4v) is 2.41. The third kappa shape index (κ3) is 3.54. The number of hydrogen-bond acceptors (Lipinski definition) is 4. The summed E-state index contributed by atoms with van der Waals surface area (Å²) in [7, 11) is 0. The lowest BCUT2D eigenvalue weighted by atomic mass is 10.2. The van der Waals surface area contributed by atoms with Crippen LogP contribution in [0.2, 0.25) is 0 Å². The molecular formula is C13H22N4O2. The van der Waals surface area contributed by atoms with Gasteiger partial charge in [-0.1, -0.05) is 0 Å². The topological polar surface area (TPSA) is 61.6 Å². The van der Waals surface area contributed by atoms with Crippen LogP contribution < -0.4 is 0 Å². The summed E-state index contributed by atoms with van der Waals surface area (Å²) in [5.41, 5.74) is 0. The van der Waals surface area contributed by atoms with Crippen LogP contribution in [0.5, 0.6) is 0 Å². The molecule has 0 aliphatic carbocycles. The molecule has 2 rings (SSSR count). The van der Waals surface area contributed by atoms with E-state index < -0.39 is 0 Å². The first-order valence-electron chi connectivity index (χ1n) is 6.74. The number of imidazole rings is 1. The molecule has 106 valence electrons. The van der Waals surface area contributed by atoms with Crippen molar-refractivity contribution < 1.29 is 9.90 Å². The van der Waals surface area contributed by atoms with Crippen molar-refractivity contribution in [2.45, 2.75) is 26.0 Å². The van der Waals surface area contributed by atoms with Crippen molar-refractivity contribution in [2.75, 3.05) is 32.7 Å². The Labute approximate surface area is 113 Å². The minimum atomic E-state index is -0.313. The molecule has 0 radical (unpaired) electrons. The number of hydrogen-bond donors (Lipinski definition) is 1. The van der Waals surface area contributed by atoms with Gasteiger partial charge in [0.05, 0.1) is 12.4 Å². The number of aliphatic hydroxyl groups is 1. The van der Waals surface area contributed by atoms with E-state index in [2.05, 4.69) is 9.88 Å². The van der Waals surface area contributed by atoms with Crippen molar-refractivity contribution >= 4 is 5.91 Å². The van der Waals surface area contributed by atoms with Gasteiger partial charge in [0.2, 0.25) is 5.91 Å². The minimum absolute atomic E-state index is 0.134. The van der Waals surface area contributed by atoms with Gasteiger partial charge >= 0.3 is 0 Å². The molecular weight excluding hydrogens is 244 g/mol. The molecule has 1 aromatic rings. The third-order valence-corrected chi connectivity index (χ3v) is 3.54. The molecule has 2 heterocycles. The van der Waals surface area contributed by atoms with Crippen LogP contribution in [0, 0.1) is 0 Å². The second-order valence-electron chi connectivity index (χ2n) is 5.16. The van der Waals surface area contributed by atoms with Crippen LogP contribution >= 0.6 is 0 Å². The Morgan fingerprint density at radius 2 is 2.00 bits per heavy atom. The number of aromatic nitrogens is 2. The Kier molecular flexibility index (Phi) is 4.55. The smallest absolute Gasteiger partial charge is 0.245 e. The second-order valence-corrected chi connectivity index (χ2v) is 5.16. The molecule has 0 unspecified atom stereocenters. The molecule has 0 aromatic carbocycles. The molecule has 0 spiro atoms. The molecule has 1 fully saturated rings. The van der Waals surface area contributed by atoms with Gasteiger partial charge in [-0.05, 0) is 13.8 Å². The highest BCUT2D eigenvalue weighted by molar-refractivity contribution is 5.80. The van der Waals surface area contributed by atoms with Gasteiger partial charge in [0, 0.05) is 45.1 Å². The van der Waals surface area contributed by atoms with Crippen molar-refractivity contribution in [3.05, 3.63) is 18.7 Å². The van der Waals surface area contributed by atoms with E-state index in [0.29, 0.717) is 6.54 Å². The first kappa shape index (κ1) is 14.0. The van der Waals surface area contributed by atoms with Crippen LogP contribution in [0.4, 0.5) is 0 Å². The summed E-state index contributed by atoms with van der Waals surface area (Å²) in [5, 5.41) is 9.36. The predicted molar refractivity (Wildman–Crippen MR) is 71.6 cm³/mol. The molecule has 1 amide bonds. The van der Waals surface area contributed by atoms with E-state index in [9.17, 15) is 9.90 Å². The molecule has 1 aliphatic rings. The number of aliphatic hydroxyl groups excluding tert-OH is 1. The van der Waals surface area contributed by atoms with Gasteiger partial charge in [-0.3, -0.25) is 9.69 Å². The fraction of sp³-hybridized carbons (Fsp3) is 0.692. The van der Waals surface area contributed by atoms with Crippen LogP contribution in [0.25, 0.3) is 0 Å². The molecule has 0 saturated carbocycles. The summed E-state index contributed by atoms with van der Waals surface area (Å²) in [6.45, 7) is 7.47. The van der Waals surface area contributed by atoms with Crippen molar-refractivity contribution in [2.24, 2.45) is 0 Å². The van der Waals surface area contributed by atoms with Crippen molar-refractivity contribution in [1.29, 1.82) is 0 Å². The van der Waals surface area contributed by atoms with Crippen molar-refractivity contribution in [3.8, 4) is 0 Å². The number of piperazine rings is 1. The average Bonchev–Trinajstić information content (AvgIpc) is 2.91. The van der Waals surface area contributed by atoms with Gasteiger partial charge in [0.1, 0.15) is 6.04 Å². The van der Waals surface area contributed by atoms with E-state index in [1.165, 1.54) is 0 Å². The van der Waals surface area contributed by atoms with Gasteiger partial charge in [-0.15, -0.1) is 0 Å². The van der Waals surface area contributed by atoms with Crippen molar-refractivity contribution in [1.82, 2.24) is 19.4 Å². The molecule has 6 heteroatoms. The third-order valence-electron chi connectivity index (χ3n) is 3.54. The predicted octanol–water partition coefficient (Wildman–Crippen LogP) is -0.0309. The Bertz CT molecular complexity index is 397. The molecule has 1 aromatic heterocycles. The van der Waals surface area contributed by atoms with Crippen LogP contribution in [0.15, 0.2) is 18.7 Å². The fourth-order valence-electron chi connectivity index (χ4n) is 2.41. The zero-order valence-corrected chi connectivity index (χ0v) is 11.6. The standard InChI is InChI=1S/C13H22N4O2/c1-11(18)9-15-5-7-16(8-6-15)13(19)12(2)17-4-3-14-10-17/h3-4,10-12,18H,5-9H2,1-2H3/t11-,12+/m1/s1. The summed E-state index contributed by atoms with van der Waals surface area (Å²) < 4.78 is 1.82. The van der Waals surface area contributed by atoms with Crippen LogP contribution in [0.1, 0.15) is 19.9 Å². The summed E-state index contributed by atoms with van der Waals surface area (Å²) in [5.74, 6) is 0.134. The quantitative estimate of drug-likeness (QED) is 0.831. The first-order chi connectivity index (χ1) is 9.08. The first-order valence-corrected chi connectivity index (χ1v) is 6.74. The largest absolute Gasteiger partial charge is 0.392 e. The highest BCUT2D eigenvalue weighted by Crippen LogP contribution is 2.12. The Morgan fingerprint density at radius 3 is 2.53 bits per heavy atom. The summed E-state index contributed by atoms with van der Waals surface area (Å²) in [6.07, 6.45) is 4.86. The lowest BCUT2D eigenvalue weighted by Crippen LogP contribution is -2.51. The molecule has 1 N–H and O–H groups in total. The number of carbonyl (C=O) groups is 1. The highest BCUT2D eigenvalue weighted by atomic mass is 16.3. The Morgan fingerprint density at radius 1 is 1.32 bits per heavy atom. The number of rotatable bonds is 4. The van der Waals surface area contributed by atoms with Crippen LogP contribution in [-0.2, 0) is 4.79 Å². The molecule has 2 atom stereocenters. The maximum atomic E-state index is 12.3. The molecule has 1 aliphatic heterocycles. The molecule has 0 bridgehead atoms. The number of amides is 1. The maximum absolute atomic E-state index is 12.3. The number of nitrogens with zero attached hydrogens (tertiary/aromatic N) is 4. The molecule has 1 saturated heterocycles. The van der Waals surface area contributed by atoms with E-state index in [1.54, 1.807) is 19.4 Å². The van der Waals surface area contributed by atoms with Gasteiger partial charge in [0.25, 0.3) is 0 Å². The van der Waals surface area contributed by atoms with Gasteiger partial charge in [-0.25, -0.2) is 4.98 Å². The van der Waals surface area contributed by atoms with Gasteiger partial charge < -0.3 is 14.6 Å². The summed E-state index contributed by atoms with van der Waals surface area (Å²) in [6, 6.07) is -0.203. The van der Waals surface area contributed by atoms with E-state index in [0.717, 1.165) is 26.2 Å². The van der Waals surface area contributed by atoms with E-state index in [1.807, 2.05) is 22.6 Å². The maximum Gasteiger partial charge on any atom is 0.245 e. The van der Waals surface area contributed by atoms with Gasteiger partial charge in [-0.2, -0.15) is 0 Å². The molecule has 6 nitrogen and oxygen atoms in total. The highest BCUT2D eigenvalue weighted by Gasteiger charge is 2.25. The number of carbonyl (C=O) groups excluding carboxylic acids is 1. The number of β-amino-alcohol motifs (C(OH)–C–C–N with tert-alkyl or cyclic N) is 1. The van der Waals surface area contributed by atoms with E-state index in [-0.39, 0.29) is 18.1 Å². The SMILES string of the molecule is C[C@@H](O)CN1CCN(C(=O)[C@H](C)n2ccnc2)CC1. The van der Waals surface area contributed by atoms with Gasteiger partial charge in [0.15, 0.2) is 0 Å². The normalized spacial score (nSPS) is 20.3. The lowest BCUT2D eigenvalue weighted by molar-refractivity contribution is -0.136. The molecule has 19 heavy (non-hydrogen) atoms. The van der Waals surface area contributed by atoms with Crippen LogP contribution in [-0.4, -0.2) is 69.2 Å². The zero-order chi connectivity index (χ0) is 13.8. The average molecular weight is 266 g/mol. The Hall–Kier alpha value is -1.40. The second kappa shape index (κ2) is 6.16. The zero-order valence-electron chi connectivity index (χ0n) is 11.6. The Balaban J connectivity index is 1.85. The minimum Gasteiger partial charge on any atom is -0.392 e.